The minimum absolute atomic E-state index is 0.820. The molecule has 4 heteroatoms. The van der Waals surface area contributed by atoms with Crippen LogP contribution in [-0.2, 0) is 19.5 Å². The summed E-state index contributed by atoms with van der Waals surface area (Å²) in [6, 6.07) is 4.14. The van der Waals surface area contributed by atoms with Crippen molar-refractivity contribution in [2.45, 2.75) is 40.3 Å². The summed E-state index contributed by atoms with van der Waals surface area (Å²) in [6.45, 7) is 7.97. The molecule has 96 valence electrons. The van der Waals surface area contributed by atoms with E-state index in [-0.39, 0.29) is 0 Å². The summed E-state index contributed by atoms with van der Waals surface area (Å²) in [6.07, 6.45) is 2.89. The average Bonchev–Trinajstić information content (AvgIpc) is 2.68. The van der Waals surface area contributed by atoms with Gasteiger partial charge in [-0.1, -0.05) is 13.0 Å². The Kier molecular flexibility index (Phi) is 4.44. The van der Waals surface area contributed by atoms with Crippen LogP contribution in [0.5, 0.6) is 0 Å². The van der Waals surface area contributed by atoms with E-state index in [1.54, 1.807) is 11.3 Å². The number of rotatable bonds is 5. The summed E-state index contributed by atoms with van der Waals surface area (Å²) in [5, 5.41) is 4.59. The third-order valence-corrected chi connectivity index (χ3v) is 4.02. The van der Waals surface area contributed by atoms with Crippen LogP contribution in [0.1, 0.15) is 33.8 Å². The van der Waals surface area contributed by atoms with E-state index in [0.717, 1.165) is 35.9 Å². The maximum atomic E-state index is 4.43. The van der Waals surface area contributed by atoms with Gasteiger partial charge in [0.2, 0.25) is 0 Å². The van der Waals surface area contributed by atoms with Crippen LogP contribution in [0.4, 0.5) is 0 Å². The molecular formula is C14H19N3S. The van der Waals surface area contributed by atoms with Crippen molar-refractivity contribution in [1.29, 1.82) is 0 Å². The number of hydrogen-bond acceptors (Lipinski definition) is 4. The highest BCUT2D eigenvalue weighted by Gasteiger charge is 2.05. The van der Waals surface area contributed by atoms with Crippen molar-refractivity contribution in [3.8, 4) is 0 Å². The zero-order chi connectivity index (χ0) is 13.0. The van der Waals surface area contributed by atoms with E-state index in [4.69, 9.17) is 0 Å². The van der Waals surface area contributed by atoms with Gasteiger partial charge >= 0.3 is 0 Å². The van der Waals surface area contributed by atoms with Gasteiger partial charge in [-0.3, -0.25) is 4.98 Å². The topological polar surface area (TPSA) is 37.8 Å². The highest BCUT2D eigenvalue weighted by Crippen LogP contribution is 2.16. The van der Waals surface area contributed by atoms with Gasteiger partial charge in [0.1, 0.15) is 0 Å². The standard InChI is InChI=1S/C14H19N3S/c1-4-12-6-5-7-16-13(12)8-15-9-14-10(2)17-11(3)18-14/h5-7,15H,4,8-9H2,1-3H3. The summed E-state index contributed by atoms with van der Waals surface area (Å²) in [7, 11) is 0. The molecule has 0 aliphatic heterocycles. The number of nitrogens with zero attached hydrogens (tertiary/aromatic N) is 2. The van der Waals surface area contributed by atoms with Crippen molar-refractivity contribution in [1.82, 2.24) is 15.3 Å². The normalized spacial score (nSPS) is 10.8. The van der Waals surface area contributed by atoms with Crippen molar-refractivity contribution in [2.75, 3.05) is 0 Å². The summed E-state index contributed by atoms with van der Waals surface area (Å²) in [5.41, 5.74) is 3.61. The van der Waals surface area contributed by atoms with Crippen LogP contribution in [0.25, 0.3) is 0 Å². The second-order valence-corrected chi connectivity index (χ2v) is 5.60. The molecule has 0 aromatic carbocycles. The largest absolute Gasteiger partial charge is 0.306 e. The number of pyridine rings is 1. The first-order chi connectivity index (χ1) is 8.70. The minimum atomic E-state index is 0.820. The Hall–Kier alpha value is -1.26. The maximum Gasteiger partial charge on any atom is 0.0900 e. The fourth-order valence-electron chi connectivity index (χ4n) is 1.98. The molecule has 18 heavy (non-hydrogen) atoms. The van der Waals surface area contributed by atoms with Crippen molar-refractivity contribution >= 4 is 11.3 Å². The van der Waals surface area contributed by atoms with Gasteiger partial charge in [-0.05, 0) is 31.9 Å². The fourth-order valence-corrected chi connectivity index (χ4v) is 2.89. The van der Waals surface area contributed by atoms with Crippen LogP contribution in [0, 0.1) is 13.8 Å². The molecule has 0 bridgehead atoms. The Morgan fingerprint density at radius 3 is 2.78 bits per heavy atom. The molecule has 1 N–H and O–H groups in total. The molecule has 2 heterocycles. The third-order valence-electron chi connectivity index (χ3n) is 2.94. The highest BCUT2D eigenvalue weighted by atomic mass is 32.1. The summed E-state index contributed by atoms with van der Waals surface area (Å²) in [5.74, 6) is 0. The van der Waals surface area contributed by atoms with Crippen molar-refractivity contribution < 1.29 is 0 Å². The molecule has 2 aromatic rings. The molecule has 0 spiro atoms. The number of nitrogens with one attached hydrogen (secondary N) is 1. The molecule has 0 unspecified atom stereocenters. The van der Waals surface area contributed by atoms with Gasteiger partial charge in [0.05, 0.1) is 16.4 Å². The minimum Gasteiger partial charge on any atom is -0.306 e. The average molecular weight is 261 g/mol. The highest BCUT2D eigenvalue weighted by molar-refractivity contribution is 7.11. The van der Waals surface area contributed by atoms with Crippen molar-refractivity contribution in [2.24, 2.45) is 0 Å². The van der Waals surface area contributed by atoms with Crippen LogP contribution in [-0.4, -0.2) is 9.97 Å². The number of aryl methyl sites for hydroxylation is 3. The van der Waals surface area contributed by atoms with E-state index in [0.29, 0.717) is 0 Å². The van der Waals surface area contributed by atoms with Crippen LogP contribution in [0.3, 0.4) is 0 Å². The van der Waals surface area contributed by atoms with Gasteiger partial charge in [0.15, 0.2) is 0 Å². The zero-order valence-corrected chi connectivity index (χ0v) is 12.0. The summed E-state index contributed by atoms with van der Waals surface area (Å²) in [4.78, 5) is 10.2. The Morgan fingerprint density at radius 1 is 1.28 bits per heavy atom. The fraction of sp³-hybridized carbons (Fsp3) is 0.429. The number of aromatic nitrogens is 2. The van der Waals surface area contributed by atoms with Crippen LogP contribution >= 0.6 is 11.3 Å². The van der Waals surface area contributed by atoms with E-state index >= 15 is 0 Å². The van der Waals surface area contributed by atoms with E-state index in [9.17, 15) is 0 Å². The van der Waals surface area contributed by atoms with E-state index in [1.165, 1.54) is 10.4 Å². The monoisotopic (exact) mass is 261 g/mol. The van der Waals surface area contributed by atoms with Crippen LogP contribution < -0.4 is 5.32 Å². The van der Waals surface area contributed by atoms with E-state index in [1.807, 2.05) is 12.3 Å². The van der Waals surface area contributed by atoms with Crippen LogP contribution in [0.15, 0.2) is 18.3 Å². The first kappa shape index (κ1) is 13.2. The van der Waals surface area contributed by atoms with Crippen molar-refractivity contribution in [3.05, 3.63) is 45.2 Å². The Morgan fingerprint density at radius 2 is 2.11 bits per heavy atom. The van der Waals surface area contributed by atoms with Gasteiger partial charge < -0.3 is 5.32 Å². The lowest BCUT2D eigenvalue weighted by Crippen LogP contribution is -2.15. The Labute approximate surface area is 112 Å². The van der Waals surface area contributed by atoms with Gasteiger partial charge in [0.25, 0.3) is 0 Å². The first-order valence-electron chi connectivity index (χ1n) is 6.27. The molecule has 2 rings (SSSR count). The zero-order valence-electron chi connectivity index (χ0n) is 11.2. The molecule has 0 aliphatic carbocycles. The molecule has 0 saturated carbocycles. The summed E-state index contributed by atoms with van der Waals surface area (Å²) >= 11 is 1.77. The predicted molar refractivity (Wildman–Crippen MR) is 75.7 cm³/mol. The second-order valence-electron chi connectivity index (χ2n) is 4.31. The molecule has 0 atom stereocenters. The molecule has 0 amide bonds. The molecule has 3 nitrogen and oxygen atoms in total. The smallest absolute Gasteiger partial charge is 0.0900 e. The van der Waals surface area contributed by atoms with E-state index in [2.05, 4.69) is 42.1 Å². The maximum absolute atomic E-state index is 4.43. The molecular weight excluding hydrogens is 242 g/mol. The SMILES string of the molecule is CCc1cccnc1CNCc1sc(C)nc1C. The quantitative estimate of drug-likeness (QED) is 0.899. The Balaban J connectivity index is 1.94. The summed E-state index contributed by atoms with van der Waals surface area (Å²) < 4.78 is 0. The lowest BCUT2D eigenvalue weighted by Gasteiger charge is -2.07. The predicted octanol–water partition coefficient (Wildman–Crippen LogP) is 3.01. The molecule has 0 radical (unpaired) electrons. The molecule has 0 aliphatic rings. The van der Waals surface area contributed by atoms with Gasteiger partial charge in [-0.15, -0.1) is 11.3 Å². The molecule has 0 saturated heterocycles. The first-order valence-corrected chi connectivity index (χ1v) is 7.08. The third kappa shape index (κ3) is 3.15. The van der Waals surface area contributed by atoms with Gasteiger partial charge in [-0.25, -0.2) is 4.98 Å². The lowest BCUT2D eigenvalue weighted by atomic mass is 10.1. The number of thiazole rings is 1. The number of hydrogen-bond donors (Lipinski definition) is 1. The van der Waals surface area contributed by atoms with E-state index < -0.39 is 0 Å². The molecule has 0 fully saturated rings. The van der Waals surface area contributed by atoms with Crippen molar-refractivity contribution in [3.63, 3.8) is 0 Å². The molecule has 2 aromatic heterocycles. The lowest BCUT2D eigenvalue weighted by molar-refractivity contribution is 0.676. The Bertz CT molecular complexity index is 520. The van der Waals surface area contributed by atoms with Gasteiger partial charge in [0, 0.05) is 24.2 Å². The van der Waals surface area contributed by atoms with Crippen LogP contribution in [0.2, 0.25) is 0 Å². The van der Waals surface area contributed by atoms with Gasteiger partial charge in [-0.2, -0.15) is 0 Å². The second kappa shape index (κ2) is 6.07.